The molecule has 0 radical (unpaired) electrons. The highest BCUT2D eigenvalue weighted by atomic mass is 16.5. The summed E-state index contributed by atoms with van der Waals surface area (Å²) in [7, 11) is 1.40. The third kappa shape index (κ3) is 6.26. The Morgan fingerprint density at radius 1 is 0.920 bits per heavy atom. The van der Waals surface area contributed by atoms with E-state index in [1.807, 2.05) is 24.3 Å². The topological polar surface area (TPSA) is 35.5 Å². The van der Waals surface area contributed by atoms with Gasteiger partial charge >= 0.3 is 5.97 Å². The fourth-order valence-corrected chi connectivity index (χ4v) is 2.90. The number of esters is 1. The number of carbonyl (C=O) groups is 1. The molecule has 3 nitrogen and oxygen atoms in total. The van der Waals surface area contributed by atoms with Crippen LogP contribution >= 0.6 is 0 Å². The van der Waals surface area contributed by atoms with E-state index in [0.29, 0.717) is 5.57 Å². The van der Waals surface area contributed by atoms with Gasteiger partial charge in [-0.05, 0) is 30.7 Å². The minimum Gasteiger partial charge on any atom is -0.493 e. The van der Waals surface area contributed by atoms with Gasteiger partial charge in [-0.15, -0.1) is 0 Å². The molecule has 0 spiro atoms. The summed E-state index contributed by atoms with van der Waals surface area (Å²) < 4.78 is 10.6. The Bertz CT molecular complexity index is 685. The van der Waals surface area contributed by atoms with Crippen LogP contribution in [0.5, 0.6) is 5.75 Å². The van der Waals surface area contributed by atoms with Crippen LogP contribution in [0.4, 0.5) is 0 Å². The highest BCUT2D eigenvalue weighted by molar-refractivity contribution is 5.88. The molecule has 134 valence electrons. The molecule has 2 aromatic carbocycles. The van der Waals surface area contributed by atoms with Gasteiger partial charge in [-0.2, -0.15) is 0 Å². The highest BCUT2D eigenvalue weighted by Crippen LogP contribution is 2.25. The largest absolute Gasteiger partial charge is 0.493 e. The summed E-state index contributed by atoms with van der Waals surface area (Å²) in [6.07, 6.45) is 7.48. The Morgan fingerprint density at radius 2 is 1.60 bits per heavy atom. The lowest BCUT2D eigenvalue weighted by Gasteiger charge is -2.09. The van der Waals surface area contributed by atoms with Gasteiger partial charge in [-0.3, -0.25) is 0 Å². The minimum atomic E-state index is -0.286. The molecule has 0 saturated heterocycles. The van der Waals surface area contributed by atoms with Crippen LogP contribution in [-0.4, -0.2) is 19.7 Å². The van der Waals surface area contributed by atoms with E-state index in [-0.39, 0.29) is 5.97 Å². The number of benzene rings is 2. The van der Waals surface area contributed by atoms with Gasteiger partial charge in [-0.1, -0.05) is 68.7 Å². The molecule has 0 amide bonds. The Hall–Kier alpha value is -2.29. The third-order valence-corrected chi connectivity index (χ3v) is 4.35. The average molecular weight is 340 g/mol. The first-order valence-corrected chi connectivity index (χ1v) is 9.09. The second-order valence-corrected chi connectivity index (χ2v) is 6.29. The van der Waals surface area contributed by atoms with Crippen molar-refractivity contribution in [3.63, 3.8) is 0 Å². The molecule has 0 aliphatic carbocycles. The second-order valence-electron chi connectivity index (χ2n) is 6.29. The van der Waals surface area contributed by atoms with Gasteiger partial charge in [0.15, 0.2) is 0 Å². The van der Waals surface area contributed by atoms with E-state index in [1.54, 1.807) is 0 Å². The van der Waals surface area contributed by atoms with Crippen molar-refractivity contribution in [3.8, 4) is 5.75 Å². The maximum Gasteiger partial charge on any atom is 0.333 e. The van der Waals surface area contributed by atoms with Crippen LogP contribution < -0.4 is 4.74 Å². The number of ether oxygens (including phenoxy) is 2. The average Bonchev–Trinajstić information content (AvgIpc) is 2.65. The maximum absolute atomic E-state index is 11.2. The van der Waals surface area contributed by atoms with Crippen molar-refractivity contribution in [1.29, 1.82) is 0 Å². The van der Waals surface area contributed by atoms with Crippen LogP contribution in [0.2, 0.25) is 0 Å². The number of hydrogen-bond acceptors (Lipinski definition) is 3. The van der Waals surface area contributed by atoms with Crippen LogP contribution in [0, 0.1) is 0 Å². The lowest BCUT2D eigenvalue weighted by atomic mass is 10.1. The summed E-state index contributed by atoms with van der Waals surface area (Å²) in [4.78, 5) is 11.2. The van der Waals surface area contributed by atoms with Crippen molar-refractivity contribution in [2.24, 2.45) is 0 Å². The van der Waals surface area contributed by atoms with E-state index in [0.717, 1.165) is 38.0 Å². The molecular formula is C22H28O3. The Morgan fingerprint density at radius 3 is 2.40 bits per heavy atom. The molecule has 0 fully saturated rings. The van der Waals surface area contributed by atoms with Crippen molar-refractivity contribution < 1.29 is 14.3 Å². The van der Waals surface area contributed by atoms with E-state index in [4.69, 9.17) is 4.74 Å². The van der Waals surface area contributed by atoms with E-state index in [1.165, 1.54) is 37.1 Å². The molecule has 25 heavy (non-hydrogen) atoms. The van der Waals surface area contributed by atoms with Gasteiger partial charge in [0.05, 0.1) is 13.7 Å². The Labute approximate surface area is 150 Å². The number of fused-ring (bicyclic) bond motifs is 1. The summed E-state index contributed by atoms with van der Waals surface area (Å²) >= 11 is 0. The van der Waals surface area contributed by atoms with Crippen LogP contribution in [0.1, 0.15) is 44.9 Å². The minimum absolute atomic E-state index is 0.286. The number of methoxy groups -OCH3 is 1. The third-order valence-electron chi connectivity index (χ3n) is 4.35. The number of hydrogen-bond donors (Lipinski definition) is 0. The fourth-order valence-electron chi connectivity index (χ4n) is 2.90. The van der Waals surface area contributed by atoms with Crippen LogP contribution in [0.3, 0.4) is 0 Å². The van der Waals surface area contributed by atoms with Gasteiger partial charge in [-0.25, -0.2) is 4.79 Å². The standard InChI is InChI=1S/C22H28O3/c1-18(22(23)24-2)12-7-5-3-4-6-10-17-25-21-16-11-14-19-13-8-9-15-20(19)21/h8-9,11,13-16H,1,3-7,10,12,17H2,2H3. The zero-order valence-corrected chi connectivity index (χ0v) is 15.1. The zero-order chi connectivity index (χ0) is 17.9. The summed E-state index contributed by atoms with van der Waals surface area (Å²) in [5.41, 5.74) is 0.575. The SMILES string of the molecule is C=C(CCCCCCCCOc1cccc2ccccc12)C(=O)OC. The van der Waals surface area contributed by atoms with E-state index >= 15 is 0 Å². The van der Waals surface area contributed by atoms with Gasteiger partial charge in [0.2, 0.25) is 0 Å². The molecule has 0 aliphatic heterocycles. The number of carbonyl (C=O) groups excluding carboxylic acids is 1. The summed E-state index contributed by atoms with van der Waals surface area (Å²) in [6.45, 7) is 4.50. The van der Waals surface area contributed by atoms with Crippen molar-refractivity contribution in [2.75, 3.05) is 13.7 Å². The molecule has 2 rings (SSSR count). The van der Waals surface area contributed by atoms with Gasteiger partial charge < -0.3 is 9.47 Å². The van der Waals surface area contributed by atoms with Crippen molar-refractivity contribution >= 4 is 16.7 Å². The van der Waals surface area contributed by atoms with Gasteiger partial charge in [0.1, 0.15) is 5.75 Å². The quantitative estimate of drug-likeness (QED) is 0.300. The molecule has 0 saturated carbocycles. The van der Waals surface area contributed by atoms with Crippen molar-refractivity contribution in [1.82, 2.24) is 0 Å². The maximum atomic E-state index is 11.2. The number of rotatable bonds is 11. The Kier molecular flexibility index (Phi) is 8.03. The van der Waals surface area contributed by atoms with Crippen LogP contribution in [0.15, 0.2) is 54.6 Å². The number of unbranched alkanes of at least 4 members (excludes halogenated alkanes) is 5. The van der Waals surface area contributed by atoms with E-state index in [9.17, 15) is 4.79 Å². The molecule has 0 unspecified atom stereocenters. The molecular weight excluding hydrogens is 312 g/mol. The first kappa shape index (κ1) is 19.0. The van der Waals surface area contributed by atoms with Crippen molar-refractivity contribution in [2.45, 2.75) is 44.9 Å². The predicted molar refractivity (Wildman–Crippen MR) is 103 cm³/mol. The molecule has 2 aromatic rings. The van der Waals surface area contributed by atoms with Gasteiger partial charge in [0, 0.05) is 11.0 Å². The molecule has 3 heteroatoms. The van der Waals surface area contributed by atoms with Crippen LogP contribution in [-0.2, 0) is 9.53 Å². The summed E-state index contributed by atoms with van der Waals surface area (Å²) in [5, 5.41) is 2.39. The first-order valence-electron chi connectivity index (χ1n) is 9.09. The lowest BCUT2D eigenvalue weighted by Crippen LogP contribution is -2.03. The lowest BCUT2D eigenvalue weighted by molar-refractivity contribution is -0.136. The zero-order valence-electron chi connectivity index (χ0n) is 15.1. The van der Waals surface area contributed by atoms with Gasteiger partial charge in [0.25, 0.3) is 0 Å². The first-order chi connectivity index (χ1) is 12.2. The molecule has 0 atom stereocenters. The monoisotopic (exact) mass is 340 g/mol. The van der Waals surface area contributed by atoms with Crippen LogP contribution in [0.25, 0.3) is 10.8 Å². The summed E-state index contributed by atoms with van der Waals surface area (Å²) in [6, 6.07) is 14.5. The summed E-state index contributed by atoms with van der Waals surface area (Å²) in [5.74, 6) is 0.685. The Balaban J connectivity index is 1.55. The normalized spacial score (nSPS) is 10.6. The van der Waals surface area contributed by atoms with E-state index < -0.39 is 0 Å². The predicted octanol–water partition coefficient (Wildman–Crippen LogP) is 5.68. The molecule has 0 aliphatic rings. The molecule has 0 heterocycles. The van der Waals surface area contributed by atoms with E-state index in [2.05, 4.69) is 29.5 Å². The molecule has 0 aromatic heterocycles. The smallest absolute Gasteiger partial charge is 0.333 e. The fraction of sp³-hybridized carbons (Fsp3) is 0.409. The highest BCUT2D eigenvalue weighted by Gasteiger charge is 2.05. The molecule has 0 bridgehead atoms. The van der Waals surface area contributed by atoms with Crippen molar-refractivity contribution in [3.05, 3.63) is 54.6 Å². The molecule has 0 N–H and O–H groups in total. The second kappa shape index (κ2) is 10.5.